The highest BCUT2D eigenvalue weighted by Gasteiger charge is 2.16. The van der Waals surface area contributed by atoms with Gasteiger partial charge in [-0.25, -0.2) is 4.68 Å². The minimum absolute atomic E-state index is 0.0488. The van der Waals surface area contributed by atoms with Gasteiger partial charge in [0.15, 0.2) is 0 Å². The third-order valence-electron chi connectivity index (χ3n) is 4.00. The largest absolute Gasteiger partial charge is 0.343 e. The minimum atomic E-state index is -0.423. The van der Waals surface area contributed by atoms with Crippen molar-refractivity contribution in [3.05, 3.63) is 71.7 Å². The molecule has 0 radical (unpaired) electrons. The Balaban J connectivity index is 2.11. The third-order valence-corrected chi connectivity index (χ3v) is 4.00. The van der Waals surface area contributed by atoms with Crippen LogP contribution in [-0.2, 0) is 6.54 Å². The summed E-state index contributed by atoms with van der Waals surface area (Å²) in [6.45, 7) is 8.04. The number of fused-ring (bicyclic) bond motifs is 1. The number of carbonyl (C=O) groups excluding carboxylic acids is 1. The maximum Gasteiger partial charge on any atom is 0.289 e. The number of benzene rings is 1. The lowest BCUT2D eigenvalue weighted by atomic mass is 10.1. The second-order valence-corrected chi connectivity index (χ2v) is 5.86. The highest BCUT2D eigenvalue weighted by molar-refractivity contribution is 6.05. The van der Waals surface area contributed by atoms with Gasteiger partial charge in [0, 0.05) is 34.9 Å². The number of carbonyl (C=O) groups is 1. The van der Waals surface area contributed by atoms with E-state index in [1.54, 1.807) is 13.0 Å². The Bertz CT molecular complexity index is 1040. The maximum atomic E-state index is 12.7. The van der Waals surface area contributed by atoms with Crippen LogP contribution in [0.25, 0.3) is 17.0 Å². The fraction of sp³-hybridized carbons (Fsp3) is 0.150. The van der Waals surface area contributed by atoms with Crippen LogP contribution in [0.3, 0.4) is 0 Å². The molecule has 0 atom stereocenters. The molecule has 5 heteroatoms. The number of allylic oxidation sites excluding steroid dienone is 2. The molecule has 124 valence electrons. The van der Waals surface area contributed by atoms with E-state index < -0.39 is 5.91 Å². The van der Waals surface area contributed by atoms with Gasteiger partial charge in [0.05, 0.1) is 5.69 Å². The molecule has 0 N–H and O–H groups in total. The van der Waals surface area contributed by atoms with Gasteiger partial charge in [-0.05, 0) is 32.1 Å². The predicted octanol–water partition coefficient (Wildman–Crippen LogP) is 3.89. The van der Waals surface area contributed by atoms with Crippen LogP contribution >= 0.6 is 0 Å². The van der Waals surface area contributed by atoms with Crippen molar-refractivity contribution in [2.45, 2.75) is 20.4 Å². The van der Waals surface area contributed by atoms with Gasteiger partial charge in [0.1, 0.15) is 11.6 Å². The number of rotatable bonds is 4. The van der Waals surface area contributed by atoms with Gasteiger partial charge >= 0.3 is 0 Å². The topological polar surface area (TPSA) is 63.6 Å². The van der Waals surface area contributed by atoms with E-state index in [0.29, 0.717) is 12.2 Å². The fourth-order valence-corrected chi connectivity index (χ4v) is 2.93. The van der Waals surface area contributed by atoms with Crippen molar-refractivity contribution >= 4 is 22.9 Å². The number of para-hydroxylation sites is 1. The summed E-state index contributed by atoms with van der Waals surface area (Å²) in [5, 5.41) is 14.7. The van der Waals surface area contributed by atoms with Crippen LogP contribution in [-0.4, -0.2) is 20.3 Å². The molecule has 2 aromatic heterocycles. The zero-order valence-electron chi connectivity index (χ0n) is 14.2. The number of nitrogens with zero attached hydrogens (tertiary/aromatic N) is 4. The van der Waals surface area contributed by atoms with Crippen molar-refractivity contribution in [3.63, 3.8) is 0 Å². The first-order chi connectivity index (χ1) is 12.0. The lowest BCUT2D eigenvalue weighted by molar-refractivity contribution is 0.0944. The Hall–Kier alpha value is -3.39. The van der Waals surface area contributed by atoms with Crippen LogP contribution in [0.2, 0.25) is 0 Å². The summed E-state index contributed by atoms with van der Waals surface area (Å²) >= 11 is 0. The lowest BCUT2D eigenvalue weighted by Crippen LogP contribution is -2.15. The summed E-state index contributed by atoms with van der Waals surface area (Å²) in [4.78, 5) is 12.7. The van der Waals surface area contributed by atoms with Crippen LogP contribution in [0, 0.1) is 25.2 Å². The van der Waals surface area contributed by atoms with Crippen molar-refractivity contribution in [1.29, 1.82) is 5.26 Å². The number of hydrogen-bond acceptors (Lipinski definition) is 3. The standard InChI is InChI=1S/C20H18N4O/c1-4-9-23-13-17(18-7-5-6-8-19(18)23)11-16(12-21)20(25)24-15(3)10-14(2)22-24/h4-8,10-11,13H,1,9H2,2-3H3/b16-11+. The zero-order valence-corrected chi connectivity index (χ0v) is 14.2. The summed E-state index contributed by atoms with van der Waals surface area (Å²) in [6, 6.07) is 11.7. The molecule has 3 aromatic rings. The molecular weight excluding hydrogens is 312 g/mol. The summed E-state index contributed by atoms with van der Waals surface area (Å²) in [6.07, 6.45) is 5.37. The Morgan fingerprint density at radius 3 is 2.76 bits per heavy atom. The van der Waals surface area contributed by atoms with Crippen LogP contribution in [0.4, 0.5) is 0 Å². The van der Waals surface area contributed by atoms with E-state index in [-0.39, 0.29) is 5.57 Å². The Kier molecular flexibility index (Phi) is 4.36. The van der Waals surface area contributed by atoms with Gasteiger partial charge in [0.2, 0.25) is 0 Å². The first kappa shape index (κ1) is 16.5. The van der Waals surface area contributed by atoms with Crippen molar-refractivity contribution in [1.82, 2.24) is 14.3 Å². The van der Waals surface area contributed by atoms with E-state index in [0.717, 1.165) is 22.2 Å². The number of nitriles is 1. The lowest BCUT2D eigenvalue weighted by Gasteiger charge is -2.01. The number of aryl methyl sites for hydroxylation is 2. The highest BCUT2D eigenvalue weighted by Crippen LogP contribution is 2.24. The molecule has 0 saturated carbocycles. The van der Waals surface area contributed by atoms with Crippen molar-refractivity contribution in [2.24, 2.45) is 0 Å². The number of aromatic nitrogens is 3. The van der Waals surface area contributed by atoms with Crippen LogP contribution in [0.15, 0.2) is 54.8 Å². The molecule has 0 aliphatic carbocycles. The van der Waals surface area contributed by atoms with Gasteiger partial charge in [-0.1, -0.05) is 24.3 Å². The fourth-order valence-electron chi connectivity index (χ4n) is 2.93. The summed E-state index contributed by atoms with van der Waals surface area (Å²) in [5.74, 6) is -0.423. The van der Waals surface area contributed by atoms with Gasteiger partial charge in [-0.3, -0.25) is 4.79 Å². The van der Waals surface area contributed by atoms with E-state index >= 15 is 0 Å². The molecule has 0 saturated heterocycles. The third kappa shape index (κ3) is 3.02. The maximum absolute atomic E-state index is 12.7. The quantitative estimate of drug-likeness (QED) is 0.414. The zero-order chi connectivity index (χ0) is 18.0. The Morgan fingerprint density at radius 1 is 1.36 bits per heavy atom. The molecule has 0 unspecified atom stereocenters. The SMILES string of the molecule is C=CCn1cc(/C=C(\C#N)C(=O)n2nc(C)cc2C)c2ccccc21. The van der Waals surface area contributed by atoms with E-state index in [1.165, 1.54) is 4.68 Å². The first-order valence-corrected chi connectivity index (χ1v) is 7.93. The minimum Gasteiger partial charge on any atom is -0.343 e. The van der Waals surface area contributed by atoms with E-state index in [1.807, 2.05) is 60.2 Å². The van der Waals surface area contributed by atoms with E-state index in [2.05, 4.69) is 11.7 Å². The van der Waals surface area contributed by atoms with Crippen molar-refractivity contribution in [2.75, 3.05) is 0 Å². The molecular formula is C20H18N4O. The average Bonchev–Trinajstić information content (AvgIpc) is 3.12. The average molecular weight is 330 g/mol. The van der Waals surface area contributed by atoms with Gasteiger partial charge < -0.3 is 4.57 Å². The predicted molar refractivity (Wildman–Crippen MR) is 98.1 cm³/mol. The molecule has 25 heavy (non-hydrogen) atoms. The Labute approximate surface area is 146 Å². The van der Waals surface area contributed by atoms with Crippen molar-refractivity contribution in [3.8, 4) is 6.07 Å². The summed E-state index contributed by atoms with van der Waals surface area (Å²) in [5.41, 5.74) is 3.35. The molecule has 0 amide bonds. The molecule has 0 aliphatic rings. The molecule has 2 heterocycles. The Morgan fingerprint density at radius 2 is 2.12 bits per heavy atom. The molecule has 5 nitrogen and oxygen atoms in total. The summed E-state index contributed by atoms with van der Waals surface area (Å²) < 4.78 is 3.31. The highest BCUT2D eigenvalue weighted by atomic mass is 16.2. The summed E-state index contributed by atoms with van der Waals surface area (Å²) in [7, 11) is 0. The molecule has 0 fully saturated rings. The van der Waals surface area contributed by atoms with Gasteiger partial charge in [0.25, 0.3) is 5.91 Å². The monoisotopic (exact) mass is 330 g/mol. The molecule has 0 spiro atoms. The first-order valence-electron chi connectivity index (χ1n) is 7.93. The molecule has 1 aromatic carbocycles. The van der Waals surface area contributed by atoms with Gasteiger partial charge in [-0.15, -0.1) is 6.58 Å². The smallest absolute Gasteiger partial charge is 0.289 e. The second kappa shape index (κ2) is 6.62. The van der Waals surface area contributed by atoms with Crippen LogP contribution in [0.5, 0.6) is 0 Å². The number of hydrogen-bond donors (Lipinski definition) is 0. The van der Waals surface area contributed by atoms with E-state index in [9.17, 15) is 10.1 Å². The van der Waals surface area contributed by atoms with Gasteiger partial charge in [-0.2, -0.15) is 10.4 Å². The van der Waals surface area contributed by atoms with Crippen LogP contribution in [0.1, 0.15) is 21.7 Å². The normalized spacial score (nSPS) is 11.5. The molecule has 3 rings (SSSR count). The molecule has 0 bridgehead atoms. The second-order valence-electron chi connectivity index (χ2n) is 5.86. The van der Waals surface area contributed by atoms with E-state index in [4.69, 9.17) is 0 Å². The van der Waals surface area contributed by atoms with Crippen LogP contribution < -0.4 is 0 Å². The molecule has 0 aliphatic heterocycles. The van der Waals surface area contributed by atoms with Crippen molar-refractivity contribution < 1.29 is 4.79 Å².